The molecule has 0 N–H and O–H groups in total. The molecule has 0 amide bonds. The number of hydrogen-bond donors (Lipinski definition) is 0. The maximum Gasteiger partial charge on any atom is 0.134 e. The first-order valence-corrected chi connectivity index (χ1v) is 8.25. The van der Waals surface area contributed by atoms with Gasteiger partial charge in [-0.3, -0.25) is 4.68 Å². The standard InChI is InChI=1S/C15H18BrN5/c1-10-4-14(19-15(18-10)12-2-3-12)20-6-11(7-20)8-21-9-13(16)5-17-21/h4-5,9,11-12H,2-3,6-8H2,1H3. The predicted octanol–water partition coefficient (Wildman–Crippen LogP) is 2.76. The molecule has 1 saturated carbocycles. The van der Waals surface area contributed by atoms with Gasteiger partial charge >= 0.3 is 0 Å². The van der Waals surface area contributed by atoms with E-state index < -0.39 is 0 Å². The minimum absolute atomic E-state index is 0.613. The van der Waals surface area contributed by atoms with E-state index in [9.17, 15) is 0 Å². The summed E-state index contributed by atoms with van der Waals surface area (Å²) in [6.07, 6.45) is 6.37. The van der Waals surface area contributed by atoms with Crippen molar-refractivity contribution in [1.82, 2.24) is 19.7 Å². The van der Waals surface area contributed by atoms with Crippen LogP contribution < -0.4 is 4.90 Å². The lowest BCUT2D eigenvalue weighted by Gasteiger charge is -2.40. The molecule has 110 valence electrons. The van der Waals surface area contributed by atoms with E-state index in [2.05, 4.69) is 43.9 Å². The molecule has 4 rings (SSSR count). The number of aryl methyl sites for hydroxylation is 1. The zero-order valence-corrected chi connectivity index (χ0v) is 13.6. The lowest BCUT2D eigenvalue weighted by molar-refractivity contribution is 0.340. The highest BCUT2D eigenvalue weighted by Crippen LogP contribution is 2.39. The average Bonchev–Trinajstić information content (AvgIpc) is 3.17. The third kappa shape index (κ3) is 2.81. The lowest BCUT2D eigenvalue weighted by atomic mass is 10.0. The molecule has 0 bridgehead atoms. The van der Waals surface area contributed by atoms with Crippen LogP contribution in [0.5, 0.6) is 0 Å². The number of aromatic nitrogens is 4. The van der Waals surface area contributed by atoms with Gasteiger partial charge in [-0.15, -0.1) is 0 Å². The molecule has 3 heterocycles. The molecule has 1 aliphatic heterocycles. The van der Waals surface area contributed by atoms with Gasteiger partial charge in [-0.2, -0.15) is 5.10 Å². The Hall–Kier alpha value is -1.43. The van der Waals surface area contributed by atoms with Crippen LogP contribution in [0.4, 0.5) is 5.82 Å². The van der Waals surface area contributed by atoms with Gasteiger partial charge in [0.05, 0.1) is 10.7 Å². The van der Waals surface area contributed by atoms with Crippen LogP contribution in [-0.4, -0.2) is 32.8 Å². The van der Waals surface area contributed by atoms with Gasteiger partial charge in [-0.05, 0) is 35.7 Å². The molecule has 0 aromatic carbocycles. The first-order valence-electron chi connectivity index (χ1n) is 7.46. The van der Waals surface area contributed by atoms with Crippen LogP contribution >= 0.6 is 15.9 Å². The van der Waals surface area contributed by atoms with E-state index in [0.29, 0.717) is 11.8 Å². The van der Waals surface area contributed by atoms with Gasteiger partial charge in [0.15, 0.2) is 0 Å². The third-order valence-corrected chi connectivity index (χ3v) is 4.54. The fourth-order valence-corrected chi connectivity index (χ4v) is 3.16. The summed E-state index contributed by atoms with van der Waals surface area (Å²) < 4.78 is 3.05. The van der Waals surface area contributed by atoms with Crippen molar-refractivity contribution in [3.8, 4) is 0 Å². The Morgan fingerprint density at radius 3 is 2.76 bits per heavy atom. The van der Waals surface area contributed by atoms with Gasteiger partial charge in [0.2, 0.25) is 0 Å². The first-order chi connectivity index (χ1) is 10.2. The molecular weight excluding hydrogens is 330 g/mol. The van der Waals surface area contributed by atoms with Crippen molar-refractivity contribution in [3.05, 3.63) is 34.5 Å². The summed E-state index contributed by atoms with van der Waals surface area (Å²) in [5.41, 5.74) is 1.08. The van der Waals surface area contributed by atoms with Crippen molar-refractivity contribution in [3.63, 3.8) is 0 Å². The zero-order valence-electron chi connectivity index (χ0n) is 12.0. The van der Waals surface area contributed by atoms with Crippen LogP contribution in [0.2, 0.25) is 0 Å². The largest absolute Gasteiger partial charge is 0.356 e. The monoisotopic (exact) mass is 347 g/mol. The first kappa shape index (κ1) is 13.2. The predicted molar refractivity (Wildman–Crippen MR) is 84.4 cm³/mol. The molecule has 2 aromatic rings. The smallest absolute Gasteiger partial charge is 0.134 e. The molecule has 1 aliphatic carbocycles. The zero-order chi connectivity index (χ0) is 14.4. The normalized spacial score (nSPS) is 18.9. The van der Waals surface area contributed by atoms with Crippen molar-refractivity contribution in [1.29, 1.82) is 0 Å². The SMILES string of the molecule is Cc1cc(N2CC(Cn3cc(Br)cn3)C2)nc(C2CC2)n1. The molecule has 0 atom stereocenters. The summed E-state index contributed by atoms with van der Waals surface area (Å²) in [5.74, 6) is 3.41. The third-order valence-electron chi connectivity index (χ3n) is 4.13. The van der Waals surface area contributed by atoms with E-state index in [1.54, 1.807) is 0 Å². The van der Waals surface area contributed by atoms with Gasteiger partial charge in [-0.1, -0.05) is 0 Å². The highest BCUT2D eigenvalue weighted by Gasteiger charge is 2.31. The number of nitrogens with zero attached hydrogens (tertiary/aromatic N) is 5. The number of anilines is 1. The van der Waals surface area contributed by atoms with E-state index in [1.807, 2.05) is 17.1 Å². The average molecular weight is 348 g/mol. The van der Waals surface area contributed by atoms with Crippen molar-refractivity contribution < 1.29 is 0 Å². The maximum atomic E-state index is 4.75. The Bertz CT molecular complexity index is 658. The topological polar surface area (TPSA) is 46.8 Å². The summed E-state index contributed by atoms with van der Waals surface area (Å²) in [4.78, 5) is 11.7. The number of halogens is 1. The van der Waals surface area contributed by atoms with E-state index in [4.69, 9.17) is 4.98 Å². The van der Waals surface area contributed by atoms with E-state index in [1.165, 1.54) is 12.8 Å². The molecule has 0 radical (unpaired) electrons. The molecule has 6 heteroatoms. The second-order valence-corrected chi connectivity index (χ2v) is 7.07. The van der Waals surface area contributed by atoms with E-state index in [0.717, 1.165) is 41.4 Å². The van der Waals surface area contributed by atoms with Crippen LogP contribution in [0.1, 0.15) is 30.3 Å². The van der Waals surface area contributed by atoms with E-state index >= 15 is 0 Å². The second kappa shape index (κ2) is 5.09. The Balaban J connectivity index is 1.40. The highest BCUT2D eigenvalue weighted by atomic mass is 79.9. The summed E-state index contributed by atoms with van der Waals surface area (Å²) in [6, 6.07) is 2.10. The van der Waals surface area contributed by atoms with Crippen LogP contribution in [0.25, 0.3) is 0 Å². The quantitative estimate of drug-likeness (QED) is 0.853. The molecule has 5 nitrogen and oxygen atoms in total. The summed E-state index contributed by atoms with van der Waals surface area (Å²) in [7, 11) is 0. The summed E-state index contributed by atoms with van der Waals surface area (Å²) >= 11 is 3.44. The molecule has 0 unspecified atom stereocenters. The molecular formula is C15H18BrN5. The second-order valence-electron chi connectivity index (χ2n) is 6.15. The molecule has 2 aliphatic rings. The van der Waals surface area contributed by atoms with Crippen molar-refractivity contribution in [2.24, 2.45) is 5.92 Å². The van der Waals surface area contributed by atoms with Crippen LogP contribution in [-0.2, 0) is 6.54 Å². The molecule has 2 aromatic heterocycles. The van der Waals surface area contributed by atoms with Gasteiger partial charge < -0.3 is 4.90 Å². The van der Waals surface area contributed by atoms with Gasteiger partial charge in [0.25, 0.3) is 0 Å². The van der Waals surface area contributed by atoms with Crippen LogP contribution in [0, 0.1) is 12.8 Å². The van der Waals surface area contributed by atoms with Crippen LogP contribution in [0.15, 0.2) is 22.9 Å². The minimum Gasteiger partial charge on any atom is -0.356 e. The summed E-state index contributed by atoms with van der Waals surface area (Å²) in [6.45, 7) is 5.15. The summed E-state index contributed by atoms with van der Waals surface area (Å²) in [5, 5.41) is 4.32. The Labute approximate surface area is 132 Å². The molecule has 1 saturated heterocycles. The molecule has 21 heavy (non-hydrogen) atoms. The molecule has 0 spiro atoms. The van der Waals surface area contributed by atoms with E-state index in [-0.39, 0.29) is 0 Å². The Morgan fingerprint density at radius 2 is 2.10 bits per heavy atom. The Morgan fingerprint density at radius 1 is 1.29 bits per heavy atom. The van der Waals surface area contributed by atoms with Crippen LogP contribution in [0.3, 0.4) is 0 Å². The molecule has 2 fully saturated rings. The van der Waals surface area contributed by atoms with Gasteiger partial charge in [0.1, 0.15) is 11.6 Å². The van der Waals surface area contributed by atoms with Crippen molar-refractivity contribution in [2.75, 3.05) is 18.0 Å². The fourth-order valence-electron chi connectivity index (χ4n) is 2.84. The highest BCUT2D eigenvalue weighted by molar-refractivity contribution is 9.10. The fraction of sp³-hybridized carbons (Fsp3) is 0.533. The van der Waals surface area contributed by atoms with Gasteiger partial charge in [0, 0.05) is 49.4 Å². The Kier molecular flexibility index (Phi) is 3.21. The van der Waals surface area contributed by atoms with Crippen molar-refractivity contribution in [2.45, 2.75) is 32.2 Å². The number of hydrogen-bond acceptors (Lipinski definition) is 4. The number of rotatable bonds is 4. The maximum absolute atomic E-state index is 4.75. The van der Waals surface area contributed by atoms with Crippen molar-refractivity contribution >= 4 is 21.7 Å². The minimum atomic E-state index is 0.613. The lowest BCUT2D eigenvalue weighted by Crippen LogP contribution is -2.49. The van der Waals surface area contributed by atoms with Gasteiger partial charge in [-0.25, -0.2) is 9.97 Å².